The Morgan fingerprint density at radius 3 is 2.71 bits per heavy atom. The number of benzene rings is 1. The van der Waals surface area contributed by atoms with Crippen LogP contribution in [0.3, 0.4) is 0 Å². The summed E-state index contributed by atoms with van der Waals surface area (Å²) in [4.78, 5) is 2.53. The van der Waals surface area contributed by atoms with Crippen LogP contribution in [0, 0.1) is 5.92 Å². The van der Waals surface area contributed by atoms with Gasteiger partial charge < -0.3 is 0 Å². The molecule has 1 heterocycles. The highest BCUT2D eigenvalue weighted by Gasteiger charge is 2.19. The topological polar surface area (TPSA) is 3.24 Å². The van der Waals surface area contributed by atoms with E-state index in [2.05, 4.69) is 17.0 Å². The molecule has 1 atom stereocenters. The van der Waals surface area contributed by atoms with Crippen LogP contribution in [0.15, 0.2) is 24.3 Å². The highest BCUT2D eigenvalue weighted by Crippen LogP contribution is 2.22. The predicted molar refractivity (Wildman–Crippen MR) is 74.8 cm³/mol. The van der Waals surface area contributed by atoms with Crippen LogP contribution in [-0.4, -0.2) is 23.9 Å². The fourth-order valence-corrected chi connectivity index (χ4v) is 2.97. The average Bonchev–Trinajstić information content (AvgIpc) is 2.33. The van der Waals surface area contributed by atoms with Crippen LogP contribution in [0.25, 0.3) is 0 Å². The molecule has 0 N–H and O–H groups in total. The lowest BCUT2D eigenvalue weighted by atomic mass is 9.95. The number of piperidine rings is 1. The van der Waals surface area contributed by atoms with Gasteiger partial charge in [-0.15, -0.1) is 11.6 Å². The molecule has 17 heavy (non-hydrogen) atoms. The molecular weight excluding hydrogens is 253 g/mol. The van der Waals surface area contributed by atoms with E-state index in [1.54, 1.807) is 0 Å². The molecule has 1 aromatic carbocycles. The van der Waals surface area contributed by atoms with Crippen molar-refractivity contribution in [3.8, 4) is 0 Å². The van der Waals surface area contributed by atoms with Gasteiger partial charge in [-0.1, -0.05) is 23.7 Å². The second-order valence-corrected chi connectivity index (χ2v) is 5.66. The van der Waals surface area contributed by atoms with Crippen molar-refractivity contribution < 1.29 is 0 Å². The van der Waals surface area contributed by atoms with Crippen molar-refractivity contribution in [2.75, 3.05) is 19.0 Å². The van der Waals surface area contributed by atoms with E-state index in [0.29, 0.717) is 0 Å². The summed E-state index contributed by atoms with van der Waals surface area (Å²) in [7, 11) is 0. The largest absolute Gasteiger partial charge is 0.299 e. The lowest BCUT2D eigenvalue weighted by Gasteiger charge is -2.32. The zero-order chi connectivity index (χ0) is 12.1. The Balaban J connectivity index is 1.87. The smallest absolute Gasteiger partial charge is 0.0406 e. The Kier molecular flexibility index (Phi) is 5.15. The van der Waals surface area contributed by atoms with E-state index in [1.807, 2.05) is 12.1 Å². The zero-order valence-corrected chi connectivity index (χ0v) is 11.6. The number of alkyl halides is 1. The minimum atomic E-state index is 0.786. The van der Waals surface area contributed by atoms with Crippen molar-refractivity contribution in [2.24, 2.45) is 5.92 Å². The number of likely N-dealkylation sites (tertiary alicyclic amines) is 1. The first kappa shape index (κ1) is 13.2. The normalized spacial score (nSPS) is 21.6. The summed E-state index contributed by atoms with van der Waals surface area (Å²) < 4.78 is 0. The average molecular weight is 272 g/mol. The van der Waals surface area contributed by atoms with E-state index in [1.165, 1.54) is 31.5 Å². The van der Waals surface area contributed by atoms with Crippen LogP contribution in [0.1, 0.15) is 24.8 Å². The van der Waals surface area contributed by atoms with E-state index in [0.717, 1.165) is 29.8 Å². The van der Waals surface area contributed by atoms with E-state index in [4.69, 9.17) is 23.2 Å². The molecule has 1 aliphatic heterocycles. The van der Waals surface area contributed by atoms with Gasteiger partial charge in [-0.2, -0.15) is 0 Å². The summed E-state index contributed by atoms with van der Waals surface area (Å²) in [5.74, 6) is 1.58. The van der Waals surface area contributed by atoms with Gasteiger partial charge in [0.15, 0.2) is 0 Å². The van der Waals surface area contributed by atoms with Crippen molar-refractivity contribution in [2.45, 2.75) is 25.8 Å². The van der Waals surface area contributed by atoms with Crippen LogP contribution >= 0.6 is 23.2 Å². The second kappa shape index (κ2) is 6.63. The van der Waals surface area contributed by atoms with Crippen molar-refractivity contribution in [3.63, 3.8) is 0 Å². The molecule has 2 rings (SSSR count). The third-order valence-electron chi connectivity index (χ3n) is 3.44. The molecule has 0 spiro atoms. The van der Waals surface area contributed by atoms with Crippen molar-refractivity contribution >= 4 is 23.2 Å². The molecule has 0 radical (unpaired) electrons. The number of nitrogens with zero attached hydrogens (tertiary/aromatic N) is 1. The molecule has 1 fully saturated rings. The van der Waals surface area contributed by atoms with Gasteiger partial charge >= 0.3 is 0 Å². The van der Waals surface area contributed by atoms with Gasteiger partial charge in [-0.3, -0.25) is 4.90 Å². The maximum Gasteiger partial charge on any atom is 0.0406 e. The SMILES string of the molecule is ClCCC1CCCN(Cc2ccc(Cl)cc2)C1. The van der Waals surface area contributed by atoms with Gasteiger partial charge in [0.25, 0.3) is 0 Å². The van der Waals surface area contributed by atoms with Crippen molar-refractivity contribution in [3.05, 3.63) is 34.9 Å². The van der Waals surface area contributed by atoms with Gasteiger partial charge in [0.05, 0.1) is 0 Å². The Bertz CT molecular complexity index is 335. The molecule has 0 aliphatic carbocycles. The third-order valence-corrected chi connectivity index (χ3v) is 3.91. The molecule has 0 amide bonds. The first-order valence-electron chi connectivity index (χ1n) is 6.30. The van der Waals surface area contributed by atoms with E-state index in [9.17, 15) is 0 Å². The van der Waals surface area contributed by atoms with E-state index >= 15 is 0 Å². The summed E-state index contributed by atoms with van der Waals surface area (Å²) in [5, 5.41) is 0.812. The molecule has 1 unspecified atom stereocenters. The third kappa shape index (κ3) is 4.17. The molecule has 1 aromatic rings. The van der Waals surface area contributed by atoms with Crippen LogP contribution in [-0.2, 0) is 6.54 Å². The number of halogens is 2. The van der Waals surface area contributed by atoms with E-state index in [-0.39, 0.29) is 0 Å². The lowest BCUT2D eigenvalue weighted by molar-refractivity contribution is 0.165. The standard InChI is InChI=1S/C14H19Cl2N/c15-8-7-12-2-1-9-17(10-12)11-13-3-5-14(16)6-4-13/h3-6,12H,1-2,7-11H2. The minimum absolute atomic E-state index is 0.786. The molecule has 0 saturated carbocycles. The molecule has 94 valence electrons. The monoisotopic (exact) mass is 271 g/mol. The summed E-state index contributed by atoms with van der Waals surface area (Å²) in [6.45, 7) is 3.44. The van der Waals surface area contributed by atoms with Crippen LogP contribution in [0.5, 0.6) is 0 Å². The zero-order valence-electron chi connectivity index (χ0n) is 10.0. The summed E-state index contributed by atoms with van der Waals surface area (Å²) in [6, 6.07) is 8.18. The van der Waals surface area contributed by atoms with Crippen LogP contribution < -0.4 is 0 Å². The summed E-state index contributed by atoms with van der Waals surface area (Å²) >= 11 is 11.7. The van der Waals surface area contributed by atoms with Gasteiger partial charge in [-0.05, 0) is 49.4 Å². The minimum Gasteiger partial charge on any atom is -0.299 e. The first-order chi connectivity index (χ1) is 8.28. The highest BCUT2D eigenvalue weighted by molar-refractivity contribution is 6.30. The first-order valence-corrected chi connectivity index (χ1v) is 7.22. The van der Waals surface area contributed by atoms with Crippen LogP contribution in [0.4, 0.5) is 0 Å². The van der Waals surface area contributed by atoms with Gasteiger partial charge in [0.1, 0.15) is 0 Å². The molecule has 1 nitrogen and oxygen atoms in total. The summed E-state index contributed by atoms with van der Waals surface area (Å²) in [6.07, 6.45) is 3.79. The maximum absolute atomic E-state index is 5.89. The van der Waals surface area contributed by atoms with Crippen molar-refractivity contribution in [1.29, 1.82) is 0 Å². The van der Waals surface area contributed by atoms with Crippen molar-refractivity contribution in [1.82, 2.24) is 4.90 Å². The molecule has 3 heteroatoms. The van der Waals surface area contributed by atoms with Gasteiger partial charge in [0, 0.05) is 24.0 Å². The lowest BCUT2D eigenvalue weighted by Crippen LogP contribution is -2.35. The fraction of sp³-hybridized carbons (Fsp3) is 0.571. The van der Waals surface area contributed by atoms with Gasteiger partial charge in [-0.25, -0.2) is 0 Å². The number of rotatable bonds is 4. The molecular formula is C14H19Cl2N. The Morgan fingerprint density at radius 2 is 2.00 bits per heavy atom. The maximum atomic E-state index is 5.89. The number of hydrogen-bond acceptors (Lipinski definition) is 1. The Hall–Kier alpha value is -0.240. The second-order valence-electron chi connectivity index (χ2n) is 4.85. The number of hydrogen-bond donors (Lipinski definition) is 0. The Labute approximate surface area is 114 Å². The molecule has 0 aromatic heterocycles. The van der Waals surface area contributed by atoms with Gasteiger partial charge in [0.2, 0.25) is 0 Å². The quantitative estimate of drug-likeness (QED) is 0.743. The Morgan fingerprint density at radius 1 is 1.24 bits per heavy atom. The predicted octanol–water partition coefficient (Wildman–Crippen LogP) is 4.18. The molecule has 1 aliphatic rings. The van der Waals surface area contributed by atoms with Crippen LogP contribution in [0.2, 0.25) is 5.02 Å². The molecule has 1 saturated heterocycles. The molecule has 0 bridgehead atoms. The fourth-order valence-electron chi connectivity index (χ4n) is 2.53. The van der Waals surface area contributed by atoms with E-state index < -0.39 is 0 Å². The summed E-state index contributed by atoms with van der Waals surface area (Å²) in [5.41, 5.74) is 1.35. The highest BCUT2D eigenvalue weighted by atomic mass is 35.5.